The first-order valence-corrected chi connectivity index (χ1v) is 13.3. The first-order chi connectivity index (χ1) is 17.8. The molecule has 2 aliphatic rings. The van der Waals surface area contributed by atoms with E-state index in [1.165, 1.54) is 37.7 Å². The van der Waals surface area contributed by atoms with Crippen LogP contribution in [0.4, 0.5) is 11.6 Å². The fourth-order valence-corrected chi connectivity index (χ4v) is 5.59. The second-order valence-electron chi connectivity index (χ2n) is 10.1. The molecule has 6 rings (SSSR count). The van der Waals surface area contributed by atoms with Crippen LogP contribution in [0.1, 0.15) is 37.7 Å². The quantitative estimate of drug-likeness (QED) is 0.377. The van der Waals surface area contributed by atoms with Crippen LogP contribution in [-0.2, 0) is 0 Å². The van der Waals surface area contributed by atoms with Gasteiger partial charge in [-0.05, 0) is 43.5 Å². The highest BCUT2D eigenvalue weighted by molar-refractivity contribution is 6.07. The maximum Gasteiger partial charge on any atom is 0.137 e. The predicted molar refractivity (Wildman–Crippen MR) is 149 cm³/mol. The average molecular weight is 479 g/mol. The van der Waals surface area contributed by atoms with Gasteiger partial charge in [0, 0.05) is 72.7 Å². The first-order valence-electron chi connectivity index (χ1n) is 13.3. The van der Waals surface area contributed by atoms with Crippen LogP contribution in [0.3, 0.4) is 0 Å². The third-order valence-corrected chi connectivity index (χ3v) is 7.53. The molecular formula is C30H34N6. The maximum atomic E-state index is 5.40. The van der Waals surface area contributed by atoms with E-state index in [0.29, 0.717) is 6.04 Å². The molecule has 4 heterocycles. The monoisotopic (exact) mass is 478 g/mol. The molecule has 0 bridgehead atoms. The zero-order valence-corrected chi connectivity index (χ0v) is 21.0. The number of nitrogens with zero attached hydrogens (tertiary/aromatic N) is 4. The summed E-state index contributed by atoms with van der Waals surface area (Å²) in [5.74, 6) is 1.98. The van der Waals surface area contributed by atoms with Gasteiger partial charge in [-0.2, -0.15) is 0 Å². The third kappa shape index (κ3) is 4.65. The average Bonchev–Trinajstić information content (AvgIpc) is 2.94. The Hall–Kier alpha value is -3.51. The number of benzene rings is 1. The number of fused-ring (bicyclic) bond motifs is 1. The fraction of sp³-hybridized carbons (Fsp3) is 0.367. The Kier molecular flexibility index (Phi) is 6.51. The molecule has 0 radical (unpaired) electrons. The van der Waals surface area contributed by atoms with E-state index in [1.807, 2.05) is 18.6 Å². The molecule has 3 aromatic heterocycles. The Bertz CT molecular complexity index is 1340. The summed E-state index contributed by atoms with van der Waals surface area (Å²) in [7, 11) is 0. The molecule has 0 atom stereocenters. The van der Waals surface area contributed by atoms with E-state index in [0.717, 1.165) is 71.0 Å². The van der Waals surface area contributed by atoms with Crippen molar-refractivity contribution in [3.63, 3.8) is 0 Å². The van der Waals surface area contributed by atoms with Gasteiger partial charge in [-0.15, -0.1) is 0 Å². The Morgan fingerprint density at radius 1 is 0.889 bits per heavy atom. The van der Waals surface area contributed by atoms with Gasteiger partial charge < -0.3 is 15.5 Å². The zero-order valence-electron chi connectivity index (χ0n) is 21.0. The second kappa shape index (κ2) is 10.2. The highest BCUT2D eigenvalue weighted by Crippen LogP contribution is 2.40. The van der Waals surface area contributed by atoms with Gasteiger partial charge in [-0.1, -0.05) is 49.1 Å². The summed E-state index contributed by atoms with van der Waals surface area (Å²) in [5.41, 5.74) is 5.61. The smallest absolute Gasteiger partial charge is 0.137 e. The number of hydrogen-bond donors (Lipinski definition) is 2. The van der Waals surface area contributed by atoms with Gasteiger partial charge in [-0.3, -0.25) is 4.98 Å². The van der Waals surface area contributed by atoms with Crippen LogP contribution >= 0.6 is 0 Å². The highest BCUT2D eigenvalue weighted by atomic mass is 15.2. The Labute approximate surface area is 213 Å². The van der Waals surface area contributed by atoms with Crippen LogP contribution in [0.5, 0.6) is 0 Å². The van der Waals surface area contributed by atoms with Crippen LogP contribution in [0.25, 0.3) is 33.2 Å². The van der Waals surface area contributed by atoms with Crippen molar-refractivity contribution in [2.24, 2.45) is 0 Å². The van der Waals surface area contributed by atoms with Gasteiger partial charge in [0.25, 0.3) is 0 Å². The predicted octanol–water partition coefficient (Wildman–Crippen LogP) is 5.82. The molecule has 1 aliphatic heterocycles. The van der Waals surface area contributed by atoms with Gasteiger partial charge in [-0.25, -0.2) is 9.97 Å². The van der Waals surface area contributed by atoms with Crippen LogP contribution in [0.2, 0.25) is 0 Å². The molecule has 1 saturated carbocycles. The van der Waals surface area contributed by atoms with Gasteiger partial charge in [0.15, 0.2) is 0 Å². The minimum absolute atomic E-state index is 0.503. The number of hydrogen-bond acceptors (Lipinski definition) is 6. The number of pyridine rings is 3. The lowest BCUT2D eigenvalue weighted by Gasteiger charge is -2.30. The molecule has 1 saturated heterocycles. The van der Waals surface area contributed by atoms with Crippen molar-refractivity contribution in [1.29, 1.82) is 0 Å². The molecule has 6 nitrogen and oxygen atoms in total. The van der Waals surface area contributed by atoms with E-state index in [4.69, 9.17) is 4.98 Å². The topological polar surface area (TPSA) is 66.0 Å². The minimum Gasteiger partial charge on any atom is -0.367 e. The summed E-state index contributed by atoms with van der Waals surface area (Å²) < 4.78 is 0. The van der Waals surface area contributed by atoms with Crippen molar-refractivity contribution in [3.8, 4) is 22.4 Å². The normalized spacial score (nSPS) is 16.9. The van der Waals surface area contributed by atoms with Gasteiger partial charge >= 0.3 is 0 Å². The van der Waals surface area contributed by atoms with Gasteiger partial charge in [0.2, 0.25) is 0 Å². The molecule has 2 N–H and O–H groups in total. The molecule has 0 unspecified atom stereocenters. The summed E-state index contributed by atoms with van der Waals surface area (Å²) in [5, 5.41) is 9.46. The third-order valence-electron chi connectivity index (χ3n) is 7.53. The van der Waals surface area contributed by atoms with E-state index in [2.05, 4.69) is 74.9 Å². The molecule has 1 aliphatic carbocycles. The lowest BCUT2D eigenvalue weighted by molar-refractivity contribution is 0.462. The minimum atomic E-state index is 0.503. The van der Waals surface area contributed by atoms with E-state index < -0.39 is 0 Å². The van der Waals surface area contributed by atoms with Crippen LogP contribution in [0, 0.1) is 6.92 Å². The summed E-state index contributed by atoms with van der Waals surface area (Å²) in [6.45, 7) is 5.95. The number of aromatic nitrogens is 3. The van der Waals surface area contributed by atoms with Crippen LogP contribution < -0.4 is 15.5 Å². The van der Waals surface area contributed by atoms with Crippen LogP contribution in [0.15, 0.2) is 61.1 Å². The summed E-state index contributed by atoms with van der Waals surface area (Å²) in [6.07, 6.45) is 12.2. The molecule has 0 amide bonds. The highest BCUT2D eigenvalue weighted by Gasteiger charge is 2.22. The largest absolute Gasteiger partial charge is 0.367 e. The SMILES string of the molecule is Cc1ccc(-c2c(-c3ccnc(NC4CCCCC4)c3)nc(N3CCNCC3)c3ccncc23)cc1. The second-order valence-corrected chi connectivity index (χ2v) is 10.1. The molecular weight excluding hydrogens is 444 g/mol. The van der Waals surface area contributed by atoms with Crippen LogP contribution in [-0.4, -0.2) is 47.2 Å². The number of aryl methyl sites for hydroxylation is 1. The zero-order chi connectivity index (χ0) is 24.3. The molecule has 2 fully saturated rings. The molecule has 1 aromatic carbocycles. The Morgan fingerprint density at radius 2 is 1.69 bits per heavy atom. The Morgan fingerprint density at radius 3 is 2.50 bits per heavy atom. The molecule has 36 heavy (non-hydrogen) atoms. The molecule has 184 valence electrons. The van der Waals surface area contributed by atoms with Gasteiger partial charge in [0.05, 0.1) is 5.69 Å². The molecule has 4 aromatic rings. The van der Waals surface area contributed by atoms with Crippen molar-refractivity contribution < 1.29 is 0 Å². The summed E-state index contributed by atoms with van der Waals surface area (Å²) in [4.78, 5) is 17.0. The number of rotatable bonds is 5. The number of piperazine rings is 1. The number of anilines is 2. The van der Waals surface area contributed by atoms with E-state index in [9.17, 15) is 0 Å². The van der Waals surface area contributed by atoms with Crippen molar-refractivity contribution >= 4 is 22.4 Å². The Balaban J connectivity index is 1.53. The lowest BCUT2D eigenvalue weighted by Crippen LogP contribution is -2.44. The first kappa shape index (κ1) is 22.9. The maximum absolute atomic E-state index is 5.40. The van der Waals surface area contributed by atoms with Gasteiger partial charge in [0.1, 0.15) is 11.6 Å². The van der Waals surface area contributed by atoms with E-state index in [-0.39, 0.29) is 0 Å². The summed E-state index contributed by atoms with van der Waals surface area (Å²) >= 11 is 0. The van der Waals surface area contributed by atoms with E-state index in [1.54, 1.807) is 0 Å². The van der Waals surface area contributed by atoms with E-state index >= 15 is 0 Å². The van der Waals surface area contributed by atoms with Crippen molar-refractivity contribution in [3.05, 3.63) is 66.6 Å². The number of nitrogens with one attached hydrogen (secondary N) is 2. The molecule has 0 spiro atoms. The van der Waals surface area contributed by atoms with Crippen molar-refractivity contribution in [2.45, 2.75) is 45.1 Å². The molecule has 6 heteroatoms. The fourth-order valence-electron chi connectivity index (χ4n) is 5.59. The lowest BCUT2D eigenvalue weighted by atomic mass is 9.94. The van der Waals surface area contributed by atoms with Crippen molar-refractivity contribution in [1.82, 2.24) is 20.3 Å². The summed E-state index contributed by atoms with van der Waals surface area (Å²) in [6, 6.07) is 15.6. The van der Waals surface area contributed by atoms with Crippen molar-refractivity contribution in [2.75, 3.05) is 36.4 Å². The standard InChI is InChI=1S/C30H34N6/c1-21-7-9-22(10-8-21)28-26-20-32-13-12-25(26)30(36-17-15-31-16-18-36)35-29(28)23-11-14-33-27(19-23)34-24-5-3-2-4-6-24/h7-14,19-20,24,31H,2-6,15-18H2,1H3,(H,33,34).